The van der Waals surface area contributed by atoms with Gasteiger partial charge in [-0.3, -0.25) is 0 Å². The van der Waals surface area contributed by atoms with E-state index in [9.17, 15) is 2.86 Å². The molecule has 5 heteroatoms. The molecule has 1 aromatic heterocycles. The summed E-state index contributed by atoms with van der Waals surface area (Å²) >= 11 is -0.883. The van der Waals surface area contributed by atoms with Crippen molar-refractivity contribution in [2.45, 2.75) is 0 Å². The summed E-state index contributed by atoms with van der Waals surface area (Å²) < 4.78 is 13.9. The van der Waals surface area contributed by atoms with Crippen molar-refractivity contribution in [3.8, 4) is 0 Å². The molecule has 1 aromatic carbocycles. The number of rotatable bonds is 1. The molecule has 0 radical (unpaired) electrons. The van der Waals surface area contributed by atoms with Crippen molar-refractivity contribution < 1.29 is 18.5 Å². The van der Waals surface area contributed by atoms with Crippen molar-refractivity contribution in [1.29, 1.82) is 0 Å². The minimum atomic E-state index is -3.80. The van der Waals surface area contributed by atoms with E-state index < -0.39 is 15.7 Å². The minimum absolute atomic E-state index is 0.495. The SMILES string of the molecule is F[I-](Cl)(Br)c1cc2ccccc2[nH]1. The van der Waals surface area contributed by atoms with Gasteiger partial charge in [-0.15, -0.1) is 0 Å². The molecule has 0 bridgehead atoms. The fraction of sp³-hybridized carbons (Fsp3) is 0. The van der Waals surface area contributed by atoms with Crippen LogP contribution in [-0.2, 0) is 0 Å². The zero-order valence-corrected chi connectivity index (χ0v) is 10.9. The molecule has 0 saturated heterocycles. The molecular weight excluding hydrogens is 371 g/mol. The number of hydrogen-bond donors (Lipinski definition) is 1. The van der Waals surface area contributed by atoms with Crippen molar-refractivity contribution in [2.24, 2.45) is 0 Å². The van der Waals surface area contributed by atoms with Crippen LogP contribution >= 0.6 is 21.6 Å². The zero-order chi connectivity index (χ0) is 9.47. The molecule has 0 aliphatic heterocycles. The molecule has 0 fully saturated rings. The first kappa shape index (κ1) is 9.73. The summed E-state index contributed by atoms with van der Waals surface area (Å²) in [6.07, 6.45) is 0. The number of hydrogen-bond acceptors (Lipinski definition) is 0. The van der Waals surface area contributed by atoms with Crippen molar-refractivity contribution in [3.63, 3.8) is 0 Å². The molecule has 1 N–H and O–H groups in total. The number of para-hydroxylation sites is 1. The standard InChI is InChI=1S/C8H6BrClFIN/c9-12(10,11)8-5-6-3-1-2-4-7(6)13-8/h1-5,13H/q-1. The van der Waals surface area contributed by atoms with Gasteiger partial charge in [0.25, 0.3) is 0 Å². The van der Waals surface area contributed by atoms with Gasteiger partial charge in [-0.25, -0.2) is 0 Å². The summed E-state index contributed by atoms with van der Waals surface area (Å²) in [7, 11) is 5.63. The Morgan fingerprint density at radius 3 is 2.69 bits per heavy atom. The number of H-pyrrole nitrogens is 1. The second-order valence-electron chi connectivity index (χ2n) is 2.58. The fourth-order valence-corrected chi connectivity index (χ4v) is 4.04. The molecule has 0 saturated carbocycles. The van der Waals surface area contributed by atoms with Gasteiger partial charge in [0.1, 0.15) is 0 Å². The summed E-state index contributed by atoms with van der Waals surface area (Å²) in [5.41, 5.74) is 0.920. The summed E-state index contributed by atoms with van der Waals surface area (Å²) in [5, 5.41) is 0.989. The first-order chi connectivity index (χ1) is 6.07. The topological polar surface area (TPSA) is 15.8 Å². The van der Waals surface area contributed by atoms with Gasteiger partial charge in [0.05, 0.1) is 0 Å². The van der Waals surface area contributed by atoms with Crippen molar-refractivity contribution in [2.75, 3.05) is 0 Å². The van der Waals surface area contributed by atoms with Crippen molar-refractivity contribution in [3.05, 3.63) is 34.0 Å². The third kappa shape index (κ3) is 1.99. The molecule has 0 aliphatic rings. The summed E-state index contributed by atoms with van der Waals surface area (Å²) in [5.74, 6) is 0. The molecule has 1 heterocycles. The molecule has 0 aliphatic carbocycles. The van der Waals surface area contributed by atoms with E-state index in [4.69, 9.17) is 8.91 Å². The summed E-state index contributed by atoms with van der Waals surface area (Å²) in [4.78, 5) is 2.96. The molecule has 2 aromatic rings. The molecule has 0 amide bonds. The summed E-state index contributed by atoms with van der Waals surface area (Å²) in [6, 6.07) is 9.39. The van der Waals surface area contributed by atoms with Gasteiger partial charge in [-0.05, 0) is 0 Å². The zero-order valence-electron chi connectivity index (χ0n) is 6.40. The van der Waals surface area contributed by atoms with Gasteiger partial charge in [-0.1, -0.05) is 0 Å². The quantitative estimate of drug-likeness (QED) is 0.710. The van der Waals surface area contributed by atoms with E-state index in [1.807, 2.05) is 24.3 Å². The number of benzene rings is 1. The monoisotopic (exact) mass is 376 g/mol. The number of nitrogens with one attached hydrogen (secondary N) is 1. The van der Waals surface area contributed by atoms with Gasteiger partial charge >= 0.3 is 90.0 Å². The van der Waals surface area contributed by atoms with Gasteiger partial charge < -0.3 is 0 Å². The summed E-state index contributed by atoms with van der Waals surface area (Å²) in [6.45, 7) is 0. The average molecular weight is 377 g/mol. The van der Waals surface area contributed by atoms with Crippen LogP contribution < -0.4 is 15.7 Å². The molecule has 1 atom stereocenters. The van der Waals surface area contributed by atoms with Crippen molar-refractivity contribution >= 4 is 32.5 Å². The van der Waals surface area contributed by atoms with E-state index in [2.05, 4.69) is 17.7 Å². The number of halogens is 4. The molecule has 1 unspecified atom stereocenters. The second kappa shape index (κ2) is 3.40. The Hall–Kier alpha value is 0.190. The first-order valence-corrected chi connectivity index (χ1v) is 13.0. The Morgan fingerprint density at radius 1 is 1.38 bits per heavy atom. The molecular formula is C8H6BrClFIN-. The van der Waals surface area contributed by atoms with Gasteiger partial charge in [0.15, 0.2) is 0 Å². The molecule has 72 valence electrons. The second-order valence-corrected chi connectivity index (χ2v) is 16.4. The van der Waals surface area contributed by atoms with Crippen LogP contribution in [0.4, 0.5) is 2.86 Å². The molecule has 2 rings (SSSR count). The van der Waals surface area contributed by atoms with E-state index in [0.717, 1.165) is 10.9 Å². The van der Waals surface area contributed by atoms with E-state index in [0.29, 0.717) is 3.70 Å². The van der Waals surface area contributed by atoms with Gasteiger partial charge in [0, 0.05) is 0 Å². The molecule has 13 heavy (non-hydrogen) atoms. The maximum atomic E-state index is 13.4. The van der Waals surface area contributed by atoms with Crippen LogP contribution in [0.5, 0.6) is 0 Å². The number of aromatic amines is 1. The normalized spacial score (nSPS) is 18.4. The van der Waals surface area contributed by atoms with Crippen LogP contribution in [-0.4, -0.2) is 4.98 Å². The third-order valence-electron chi connectivity index (χ3n) is 1.73. The number of aromatic nitrogens is 1. The Morgan fingerprint density at radius 2 is 2.08 bits per heavy atom. The maximum absolute atomic E-state index is 13.4. The Bertz CT molecular complexity index is 404. The van der Waals surface area contributed by atoms with E-state index >= 15 is 0 Å². The van der Waals surface area contributed by atoms with Gasteiger partial charge in [-0.2, -0.15) is 0 Å². The predicted octanol–water partition coefficient (Wildman–Crippen LogP) is 0.846. The van der Waals surface area contributed by atoms with Crippen LogP contribution in [0.2, 0.25) is 0 Å². The van der Waals surface area contributed by atoms with Crippen LogP contribution in [0.15, 0.2) is 30.3 Å². The Balaban J connectivity index is 2.63. The predicted molar refractivity (Wildman–Crippen MR) is 52.9 cm³/mol. The molecule has 0 spiro atoms. The Kier molecular flexibility index (Phi) is 2.55. The Labute approximate surface area is 89.4 Å². The third-order valence-corrected chi connectivity index (χ3v) is 6.83. The van der Waals surface area contributed by atoms with E-state index in [-0.39, 0.29) is 0 Å². The van der Waals surface area contributed by atoms with Crippen LogP contribution in [0, 0.1) is 3.70 Å². The fourth-order valence-electron chi connectivity index (χ4n) is 1.15. The number of fused-ring (bicyclic) bond motifs is 1. The van der Waals surface area contributed by atoms with Crippen LogP contribution in [0.1, 0.15) is 0 Å². The van der Waals surface area contributed by atoms with Gasteiger partial charge in [0.2, 0.25) is 0 Å². The van der Waals surface area contributed by atoms with E-state index in [1.54, 1.807) is 6.07 Å². The van der Waals surface area contributed by atoms with E-state index in [1.165, 1.54) is 0 Å². The van der Waals surface area contributed by atoms with Crippen LogP contribution in [0.3, 0.4) is 0 Å². The average Bonchev–Trinajstić information content (AvgIpc) is 2.45. The molecule has 1 nitrogen and oxygen atoms in total. The van der Waals surface area contributed by atoms with Crippen molar-refractivity contribution in [1.82, 2.24) is 4.98 Å². The van der Waals surface area contributed by atoms with Crippen LogP contribution in [0.25, 0.3) is 10.9 Å². The first-order valence-electron chi connectivity index (χ1n) is 3.52.